The number of para-hydroxylation sites is 1. The summed E-state index contributed by atoms with van der Waals surface area (Å²) in [6.45, 7) is 1.96. The summed E-state index contributed by atoms with van der Waals surface area (Å²) >= 11 is 0. The molecule has 130 valence electrons. The predicted molar refractivity (Wildman–Crippen MR) is 97.1 cm³/mol. The second kappa shape index (κ2) is 7.53. The van der Waals surface area contributed by atoms with Crippen LogP contribution in [0, 0.1) is 18.3 Å². The number of hydrogen-bond donors (Lipinski definition) is 1. The summed E-state index contributed by atoms with van der Waals surface area (Å²) in [6, 6.07) is 17.4. The van der Waals surface area contributed by atoms with Gasteiger partial charge < -0.3 is 10.1 Å². The van der Waals surface area contributed by atoms with Gasteiger partial charge in [-0.2, -0.15) is 10.4 Å². The Labute approximate surface area is 151 Å². The third kappa shape index (κ3) is 3.42. The van der Waals surface area contributed by atoms with Gasteiger partial charge in [0.05, 0.1) is 18.9 Å². The molecule has 0 saturated heterocycles. The second-order valence-corrected chi connectivity index (χ2v) is 5.71. The van der Waals surface area contributed by atoms with Crippen LogP contribution < -0.4 is 10.1 Å². The highest BCUT2D eigenvalue weighted by Gasteiger charge is 2.18. The number of amides is 1. The van der Waals surface area contributed by atoms with E-state index in [1.807, 2.05) is 31.2 Å². The summed E-state index contributed by atoms with van der Waals surface area (Å²) in [6.07, 6.45) is 1.72. The zero-order valence-corrected chi connectivity index (χ0v) is 14.5. The molecule has 2 aromatic carbocycles. The van der Waals surface area contributed by atoms with E-state index in [2.05, 4.69) is 16.5 Å². The Morgan fingerprint density at radius 3 is 2.54 bits per heavy atom. The number of methoxy groups -OCH3 is 1. The van der Waals surface area contributed by atoms with Gasteiger partial charge in [-0.1, -0.05) is 18.2 Å². The number of carbonyl (C=O) groups is 1. The van der Waals surface area contributed by atoms with Crippen LogP contribution >= 0.6 is 0 Å². The first kappa shape index (κ1) is 17.2. The van der Waals surface area contributed by atoms with Gasteiger partial charge in [-0.3, -0.25) is 4.79 Å². The molecule has 0 bridgehead atoms. The van der Waals surface area contributed by atoms with Crippen molar-refractivity contribution in [2.24, 2.45) is 0 Å². The zero-order chi connectivity index (χ0) is 18.5. The summed E-state index contributed by atoms with van der Waals surface area (Å²) in [4.78, 5) is 12.5. The molecule has 0 aliphatic rings. The van der Waals surface area contributed by atoms with Crippen molar-refractivity contribution >= 4 is 5.91 Å². The zero-order valence-electron chi connectivity index (χ0n) is 14.5. The smallest absolute Gasteiger partial charge is 0.252 e. The molecular formula is C20H18N4O2. The van der Waals surface area contributed by atoms with Crippen molar-refractivity contribution in [1.29, 1.82) is 5.26 Å². The van der Waals surface area contributed by atoms with Crippen LogP contribution in [0.4, 0.5) is 0 Å². The van der Waals surface area contributed by atoms with Crippen molar-refractivity contribution in [3.8, 4) is 17.5 Å². The van der Waals surface area contributed by atoms with E-state index in [-0.39, 0.29) is 5.91 Å². The Balaban J connectivity index is 1.79. The molecule has 1 heterocycles. The lowest BCUT2D eigenvalue weighted by atomic mass is 10.1. The fourth-order valence-electron chi connectivity index (χ4n) is 2.69. The minimum Gasteiger partial charge on any atom is -0.496 e. The number of nitriles is 1. The van der Waals surface area contributed by atoms with Gasteiger partial charge >= 0.3 is 0 Å². The summed E-state index contributed by atoms with van der Waals surface area (Å²) in [5, 5.41) is 16.4. The molecule has 1 atom stereocenters. The van der Waals surface area contributed by atoms with Gasteiger partial charge in [-0.05, 0) is 43.3 Å². The Bertz CT molecular complexity index is 954. The van der Waals surface area contributed by atoms with E-state index in [9.17, 15) is 10.1 Å². The summed E-state index contributed by atoms with van der Waals surface area (Å²) in [5.74, 6) is 0.232. The van der Waals surface area contributed by atoms with Crippen molar-refractivity contribution in [3.63, 3.8) is 0 Å². The molecule has 3 aromatic rings. The molecule has 6 heteroatoms. The Hall–Kier alpha value is -3.59. The standard InChI is InChI=1S/C20H18N4O2/c1-14-11-12-22-24(14)16-9-7-15(8-10-16)20(25)23-18(13-21)17-5-3-4-6-19(17)26-2/h3-12,18H,1-2H3,(H,23,25)/t18-/m0/s1. The van der Waals surface area contributed by atoms with Gasteiger partial charge in [-0.15, -0.1) is 0 Å². The Morgan fingerprint density at radius 2 is 1.92 bits per heavy atom. The van der Waals surface area contributed by atoms with Crippen LogP contribution in [0.1, 0.15) is 27.7 Å². The van der Waals surface area contributed by atoms with E-state index in [1.165, 1.54) is 7.11 Å². The van der Waals surface area contributed by atoms with Crippen molar-refractivity contribution < 1.29 is 9.53 Å². The molecule has 0 unspecified atom stereocenters. The van der Waals surface area contributed by atoms with E-state index in [1.54, 1.807) is 41.2 Å². The van der Waals surface area contributed by atoms with Gasteiger partial charge in [0.1, 0.15) is 11.8 Å². The minimum atomic E-state index is -0.799. The third-order valence-corrected chi connectivity index (χ3v) is 4.06. The van der Waals surface area contributed by atoms with Crippen LogP contribution in [0.5, 0.6) is 5.75 Å². The van der Waals surface area contributed by atoms with Gasteiger partial charge in [-0.25, -0.2) is 4.68 Å². The van der Waals surface area contributed by atoms with Crippen LogP contribution in [0.25, 0.3) is 5.69 Å². The van der Waals surface area contributed by atoms with E-state index in [0.29, 0.717) is 16.9 Å². The van der Waals surface area contributed by atoms with Crippen LogP contribution in [-0.2, 0) is 0 Å². The van der Waals surface area contributed by atoms with Crippen molar-refractivity contribution in [1.82, 2.24) is 15.1 Å². The topological polar surface area (TPSA) is 79.9 Å². The average Bonchev–Trinajstić information content (AvgIpc) is 3.12. The number of rotatable bonds is 5. The number of aryl methyl sites for hydroxylation is 1. The molecule has 0 saturated carbocycles. The van der Waals surface area contributed by atoms with E-state index < -0.39 is 6.04 Å². The van der Waals surface area contributed by atoms with Gasteiger partial charge in [0.2, 0.25) is 0 Å². The number of hydrogen-bond acceptors (Lipinski definition) is 4. The number of ether oxygens (including phenoxy) is 1. The Kier molecular flexibility index (Phi) is 4.99. The molecule has 26 heavy (non-hydrogen) atoms. The van der Waals surface area contributed by atoms with Crippen molar-refractivity contribution in [2.75, 3.05) is 7.11 Å². The number of aromatic nitrogens is 2. The lowest BCUT2D eigenvalue weighted by Crippen LogP contribution is -2.27. The molecule has 0 aliphatic carbocycles. The van der Waals surface area contributed by atoms with Crippen molar-refractivity contribution in [3.05, 3.63) is 77.6 Å². The maximum absolute atomic E-state index is 12.5. The highest BCUT2D eigenvalue weighted by atomic mass is 16.5. The molecule has 6 nitrogen and oxygen atoms in total. The molecule has 1 amide bonds. The normalized spacial score (nSPS) is 11.4. The maximum Gasteiger partial charge on any atom is 0.252 e. The van der Waals surface area contributed by atoms with Crippen LogP contribution in [0.2, 0.25) is 0 Å². The number of nitrogens with one attached hydrogen (secondary N) is 1. The summed E-state index contributed by atoms with van der Waals surface area (Å²) < 4.78 is 7.06. The first-order chi connectivity index (χ1) is 12.6. The first-order valence-electron chi connectivity index (χ1n) is 8.08. The fourth-order valence-corrected chi connectivity index (χ4v) is 2.69. The molecule has 0 radical (unpaired) electrons. The first-order valence-corrected chi connectivity index (χ1v) is 8.08. The molecule has 3 rings (SSSR count). The minimum absolute atomic E-state index is 0.328. The van der Waals surface area contributed by atoms with E-state index in [4.69, 9.17) is 4.74 Å². The van der Waals surface area contributed by atoms with Gasteiger partial charge in [0.15, 0.2) is 0 Å². The lowest BCUT2D eigenvalue weighted by molar-refractivity contribution is 0.0945. The third-order valence-electron chi connectivity index (χ3n) is 4.06. The summed E-state index contributed by atoms with van der Waals surface area (Å²) in [7, 11) is 1.53. The van der Waals surface area contributed by atoms with Crippen molar-refractivity contribution in [2.45, 2.75) is 13.0 Å². The molecule has 0 spiro atoms. The highest BCUT2D eigenvalue weighted by molar-refractivity contribution is 5.94. The molecule has 1 N–H and O–H groups in total. The lowest BCUT2D eigenvalue weighted by Gasteiger charge is -2.15. The fraction of sp³-hybridized carbons (Fsp3) is 0.150. The quantitative estimate of drug-likeness (QED) is 0.769. The van der Waals surface area contributed by atoms with Gasteiger partial charge in [0.25, 0.3) is 5.91 Å². The summed E-state index contributed by atoms with van der Waals surface area (Å²) in [5.41, 5.74) is 2.96. The maximum atomic E-state index is 12.5. The van der Waals surface area contributed by atoms with Gasteiger partial charge in [0, 0.05) is 23.0 Å². The largest absolute Gasteiger partial charge is 0.496 e. The van der Waals surface area contributed by atoms with Crippen LogP contribution in [-0.4, -0.2) is 22.8 Å². The second-order valence-electron chi connectivity index (χ2n) is 5.71. The monoisotopic (exact) mass is 346 g/mol. The highest BCUT2D eigenvalue weighted by Crippen LogP contribution is 2.24. The van der Waals surface area contributed by atoms with Crippen LogP contribution in [0.3, 0.4) is 0 Å². The molecule has 1 aromatic heterocycles. The predicted octanol–water partition coefficient (Wildman–Crippen LogP) is 3.18. The number of benzene rings is 2. The number of carbonyl (C=O) groups excluding carboxylic acids is 1. The average molecular weight is 346 g/mol. The SMILES string of the molecule is COc1ccccc1[C@H](C#N)NC(=O)c1ccc(-n2nccc2C)cc1. The Morgan fingerprint density at radius 1 is 1.19 bits per heavy atom. The van der Waals surface area contributed by atoms with Crippen LogP contribution in [0.15, 0.2) is 60.8 Å². The molecular weight excluding hydrogens is 328 g/mol. The van der Waals surface area contributed by atoms with E-state index in [0.717, 1.165) is 11.4 Å². The number of nitrogens with zero attached hydrogens (tertiary/aromatic N) is 3. The van der Waals surface area contributed by atoms with E-state index >= 15 is 0 Å². The molecule has 0 fully saturated rings. The molecule has 0 aliphatic heterocycles.